The van der Waals surface area contributed by atoms with Gasteiger partial charge in [-0.1, -0.05) is 24.3 Å². The summed E-state index contributed by atoms with van der Waals surface area (Å²) in [7, 11) is -9.29. The Labute approximate surface area is 126 Å². The minimum absolute atomic E-state index is 0.359. The van der Waals surface area contributed by atoms with Gasteiger partial charge in [0, 0.05) is 0 Å². The second kappa shape index (κ2) is 5.80. The largest absolute Gasteiger partial charge is 0.504 e. The summed E-state index contributed by atoms with van der Waals surface area (Å²) in [5.41, 5.74) is 8.93. The molecule has 0 radical (unpaired) electrons. The first-order valence-electron chi connectivity index (χ1n) is 5.83. The Hall–Kier alpha value is -2.35. The molecule has 0 unspecified atom stereocenters. The zero-order valence-corrected chi connectivity index (χ0v) is 12.6. The molecule has 2 rings (SSSR count). The highest BCUT2D eigenvalue weighted by Crippen LogP contribution is 2.20. The van der Waals surface area contributed by atoms with E-state index in [2.05, 4.69) is 4.79 Å². The fraction of sp³-hybridized carbons (Fsp3) is 0. The van der Waals surface area contributed by atoms with Crippen LogP contribution in [-0.2, 0) is 19.7 Å². The van der Waals surface area contributed by atoms with E-state index in [1.165, 1.54) is 18.2 Å². The number of sulfone groups is 2. The molecule has 0 aromatic heterocycles. The van der Waals surface area contributed by atoms with Crippen LogP contribution in [-0.4, -0.2) is 26.0 Å². The van der Waals surface area contributed by atoms with Crippen molar-refractivity contribution in [3.05, 3.63) is 65.9 Å². The molecule has 9 heteroatoms. The summed E-state index contributed by atoms with van der Waals surface area (Å²) in [6.07, 6.45) is 0. The summed E-state index contributed by atoms with van der Waals surface area (Å²) in [6.45, 7) is 0. The smallest absolute Gasteiger partial charge is 0.359 e. The Morgan fingerprint density at radius 2 is 1.41 bits per heavy atom. The highest BCUT2D eigenvalue weighted by Gasteiger charge is 2.43. The fourth-order valence-corrected chi connectivity index (χ4v) is 5.08. The maximum absolute atomic E-state index is 13.2. The van der Waals surface area contributed by atoms with E-state index in [4.69, 9.17) is 5.53 Å². The average Bonchev–Trinajstić information content (AvgIpc) is 2.48. The van der Waals surface area contributed by atoms with Crippen molar-refractivity contribution in [3.8, 4) is 0 Å². The first kappa shape index (κ1) is 16.0. The lowest BCUT2D eigenvalue weighted by molar-refractivity contribution is 0.00380. The van der Waals surface area contributed by atoms with Gasteiger partial charge >= 0.3 is 4.38 Å². The standard InChI is InChI=1S/C13H9FN2O4S2/c14-10-5-4-8-12(9-10)22(19,20)13(16-15)21(17,18)11-6-2-1-3-7-11/h1-9H. The van der Waals surface area contributed by atoms with Gasteiger partial charge in [0.05, 0.1) is 9.79 Å². The van der Waals surface area contributed by atoms with Crippen LogP contribution < -0.4 is 0 Å². The van der Waals surface area contributed by atoms with E-state index < -0.39 is 34.8 Å². The van der Waals surface area contributed by atoms with Crippen LogP contribution in [0.15, 0.2) is 64.4 Å². The highest BCUT2D eigenvalue weighted by atomic mass is 32.3. The summed E-state index contributed by atoms with van der Waals surface area (Å²) >= 11 is 0. The van der Waals surface area contributed by atoms with Crippen LogP contribution in [0.2, 0.25) is 0 Å². The van der Waals surface area contributed by atoms with E-state index >= 15 is 0 Å². The van der Waals surface area contributed by atoms with Crippen molar-refractivity contribution in [1.29, 1.82) is 0 Å². The molecule has 0 saturated carbocycles. The summed E-state index contributed by atoms with van der Waals surface area (Å²) in [5.74, 6) is -0.865. The molecule has 0 saturated heterocycles. The lowest BCUT2D eigenvalue weighted by Crippen LogP contribution is -2.26. The predicted octanol–water partition coefficient (Wildman–Crippen LogP) is 1.66. The molecule has 2 aromatic rings. The van der Waals surface area contributed by atoms with Gasteiger partial charge in [0.15, 0.2) is 0 Å². The lowest BCUT2D eigenvalue weighted by Gasteiger charge is -2.02. The van der Waals surface area contributed by atoms with Crippen LogP contribution in [0, 0.1) is 5.82 Å². The molecule has 22 heavy (non-hydrogen) atoms. The van der Waals surface area contributed by atoms with Gasteiger partial charge in [-0.25, -0.2) is 21.2 Å². The van der Waals surface area contributed by atoms with Crippen molar-refractivity contribution in [1.82, 2.24) is 0 Å². The van der Waals surface area contributed by atoms with Gasteiger partial charge in [0.2, 0.25) is 0 Å². The third-order valence-corrected chi connectivity index (χ3v) is 6.87. The Bertz CT molecular complexity index is 964. The molecule has 0 amide bonds. The van der Waals surface area contributed by atoms with Gasteiger partial charge in [0.25, 0.3) is 19.7 Å². The van der Waals surface area contributed by atoms with Crippen molar-refractivity contribution in [2.45, 2.75) is 9.79 Å². The van der Waals surface area contributed by atoms with E-state index in [1.54, 1.807) is 0 Å². The monoisotopic (exact) mass is 340 g/mol. The number of hydrogen-bond acceptors (Lipinski definition) is 4. The maximum Gasteiger partial charge on any atom is 0.504 e. The van der Waals surface area contributed by atoms with Gasteiger partial charge in [-0.3, -0.25) is 0 Å². The Balaban J connectivity index is 2.66. The molecule has 0 fully saturated rings. The van der Waals surface area contributed by atoms with Crippen LogP contribution in [0.3, 0.4) is 0 Å². The number of hydrogen-bond donors (Lipinski definition) is 0. The zero-order valence-electron chi connectivity index (χ0n) is 10.9. The van der Waals surface area contributed by atoms with Crippen molar-refractivity contribution in [3.63, 3.8) is 0 Å². The normalized spacial score (nSPS) is 11.7. The second-order valence-corrected chi connectivity index (χ2v) is 8.13. The van der Waals surface area contributed by atoms with E-state index in [0.717, 1.165) is 30.3 Å². The van der Waals surface area contributed by atoms with Crippen molar-refractivity contribution in [2.24, 2.45) is 0 Å². The maximum atomic E-state index is 13.2. The molecule has 0 aliphatic heterocycles. The van der Waals surface area contributed by atoms with Crippen LogP contribution >= 0.6 is 0 Å². The minimum Gasteiger partial charge on any atom is -0.359 e. The zero-order chi connectivity index (χ0) is 16.4. The third kappa shape index (κ3) is 2.82. The number of halogens is 1. The van der Waals surface area contributed by atoms with Gasteiger partial charge in [-0.05, 0) is 30.3 Å². The summed E-state index contributed by atoms with van der Waals surface area (Å²) < 4.78 is 60.9. The number of benzene rings is 2. The summed E-state index contributed by atoms with van der Waals surface area (Å²) in [6, 6.07) is 10.4. The molecular formula is C13H9FN2O4S2. The Morgan fingerprint density at radius 3 is 1.95 bits per heavy atom. The van der Waals surface area contributed by atoms with Gasteiger partial charge in [-0.2, -0.15) is 0 Å². The average molecular weight is 340 g/mol. The molecule has 6 nitrogen and oxygen atoms in total. The number of rotatable bonds is 2. The molecule has 114 valence electrons. The highest BCUT2D eigenvalue weighted by molar-refractivity contribution is 8.31. The van der Waals surface area contributed by atoms with Crippen molar-refractivity contribution >= 4 is 24.1 Å². The molecule has 0 bridgehead atoms. The fourth-order valence-electron chi connectivity index (χ4n) is 1.69. The second-order valence-electron chi connectivity index (χ2n) is 4.14. The molecular weight excluding hydrogens is 331 g/mol. The molecule has 0 heterocycles. The van der Waals surface area contributed by atoms with E-state index in [0.29, 0.717) is 6.07 Å². The van der Waals surface area contributed by atoms with Crippen LogP contribution in [0.4, 0.5) is 4.39 Å². The molecule has 0 atom stereocenters. The van der Waals surface area contributed by atoms with Crippen LogP contribution in [0.5, 0.6) is 0 Å². The molecule has 0 spiro atoms. The molecule has 0 aliphatic carbocycles. The van der Waals surface area contributed by atoms with E-state index in [-0.39, 0.29) is 4.90 Å². The van der Waals surface area contributed by atoms with Gasteiger partial charge in [0.1, 0.15) is 5.82 Å². The van der Waals surface area contributed by atoms with Gasteiger partial charge in [-0.15, -0.1) is 4.79 Å². The van der Waals surface area contributed by atoms with Gasteiger partial charge < -0.3 is 5.53 Å². The first-order chi connectivity index (χ1) is 10.3. The summed E-state index contributed by atoms with van der Waals surface area (Å²) in [5, 5.41) is 0. The lowest BCUT2D eigenvalue weighted by atomic mass is 10.4. The minimum atomic E-state index is -4.71. The van der Waals surface area contributed by atoms with Crippen LogP contribution in [0.1, 0.15) is 0 Å². The van der Waals surface area contributed by atoms with Crippen molar-refractivity contribution < 1.29 is 26.0 Å². The number of nitrogens with zero attached hydrogens (tertiary/aromatic N) is 2. The van der Waals surface area contributed by atoms with E-state index in [1.807, 2.05) is 0 Å². The first-order valence-corrected chi connectivity index (χ1v) is 8.79. The van der Waals surface area contributed by atoms with Crippen molar-refractivity contribution in [2.75, 3.05) is 0 Å². The summed E-state index contributed by atoms with van der Waals surface area (Å²) in [4.78, 5) is 1.45. The quantitative estimate of drug-likeness (QED) is 0.359. The molecule has 0 N–H and O–H groups in total. The predicted molar refractivity (Wildman–Crippen MR) is 75.8 cm³/mol. The van der Waals surface area contributed by atoms with Crippen LogP contribution in [0.25, 0.3) is 5.53 Å². The Kier molecular flexibility index (Phi) is 4.23. The Morgan fingerprint density at radius 1 is 0.864 bits per heavy atom. The SMILES string of the molecule is [N-]=[N+]=C(S(=O)(=O)c1ccccc1)S(=O)(=O)c1cccc(F)c1. The third-order valence-electron chi connectivity index (χ3n) is 2.70. The topological polar surface area (TPSA) is 105 Å². The molecule has 0 aliphatic rings. The van der Waals surface area contributed by atoms with E-state index in [9.17, 15) is 21.2 Å². The molecule has 2 aromatic carbocycles.